The van der Waals surface area contributed by atoms with Gasteiger partial charge in [0.05, 0.1) is 18.8 Å². The molecule has 6 heteroatoms. The van der Waals surface area contributed by atoms with Crippen LogP contribution in [0.5, 0.6) is 5.75 Å². The average molecular weight is 420 g/mol. The first-order chi connectivity index (χ1) is 14.6. The van der Waals surface area contributed by atoms with Crippen LogP contribution >= 0.6 is 11.3 Å². The van der Waals surface area contributed by atoms with Gasteiger partial charge in [0, 0.05) is 10.1 Å². The molecule has 1 N–H and O–H groups in total. The molecular formula is C24H21NO4S. The highest BCUT2D eigenvalue weighted by atomic mass is 32.1. The van der Waals surface area contributed by atoms with Crippen molar-refractivity contribution in [2.75, 3.05) is 18.5 Å². The van der Waals surface area contributed by atoms with Gasteiger partial charge in [0.2, 0.25) is 0 Å². The first-order valence-electron chi connectivity index (χ1n) is 9.78. The van der Waals surface area contributed by atoms with E-state index in [1.807, 2.05) is 61.5 Å². The molecule has 0 radical (unpaired) electrons. The van der Waals surface area contributed by atoms with E-state index < -0.39 is 5.97 Å². The Balaban J connectivity index is 1.82. The number of fused-ring (bicyclic) bond motifs is 2. The lowest BCUT2D eigenvalue weighted by Crippen LogP contribution is -2.16. The number of benzene rings is 3. The Bertz CT molecular complexity index is 1240. The zero-order valence-electron chi connectivity index (χ0n) is 16.7. The van der Waals surface area contributed by atoms with Crippen molar-refractivity contribution in [3.05, 3.63) is 71.8 Å². The molecule has 3 aromatic carbocycles. The van der Waals surface area contributed by atoms with Crippen LogP contribution in [0.25, 0.3) is 20.9 Å². The van der Waals surface area contributed by atoms with Crippen molar-refractivity contribution in [3.8, 4) is 5.75 Å². The monoisotopic (exact) mass is 419 g/mol. The molecule has 0 aliphatic heterocycles. The van der Waals surface area contributed by atoms with Crippen LogP contribution in [-0.4, -0.2) is 25.1 Å². The predicted octanol–water partition coefficient (Wildman–Crippen LogP) is 5.88. The van der Waals surface area contributed by atoms with Gasteiger partial charge < -0.3 is 14.8 Å². The summed E-state index contributed by atoms with van der Waals surface area (Å²) in [5.74, 6) is -0.270. The summed E-state index contributed by atoms with van der Waals surface area (Å²) >= 11 is 1.35. The van der Waals surface area contributed by atoms with Gasteiger partial charge in [-0.1, -0.05) is 48.5 Å². The third-order valence-electron chi connectivity index (χ3n) is 4.72. The molecule has 0 spiro atoms. The molecule has 0 aliphatic rings. The molecule has 152 valence electrons. The minimum atomic E-state index is -0.451. The van der Waals surface area contributed by atoms with Crippen molar-refractivity contribution in [2.45, 2.75) is 13.8 Å². The van der Waals surface area contributed by atoms with Gasteiger partial charge >= 0.3 is 5.97 Å². The molecule has 0 bridgehead atoms. The fourth-order valence-electron chi connectivity index (χ4n) is 3.47. The third kappa shape index (κ3) is 3.62. The maximum Gasteiger partial charge on any atom is 0.341 e. The summed E-state index contributed by atoms with van der Waals surface area (Å²) in [4.78, 5) is 26.0. The smallest absolute Gasteiger partial charge is 0.341 e. The van der Waals surface area contributed by atoms with Gasteiger partial charge in [-0.2, -0.15) is 0 Å². The summed E-state index contributed by atoms with van der Waals surface area (Å²) in [5, 5.41) is 5.91. The SMILES string of the molecule is CCOC(=O)c1c(NC(=O)c2c(OCC)ccc3ccccc23)sc2ccccc12. The highest BCUT2D eigenvalue weighted by molar-refractivity contribution is 7.23. The lowest BCUT2D eigenvalue weighted by molar-refractivity contribution is 0.0530. The van der Waals surface area contributed by atoms with E-state index in [4.69, 9.17) is 9.47 Å². The molecule has 1 aromatic heterocycles. The van der Waals surface area contributed by atoms with E-state index in [9.17, 15) is 9.59 Å². The van der Waals surface area contributed by atoms with Crippen LogP contribution in [0.2, 0.25) is 0 Å². The molecule has 0 unspecified atom stereocenters. The van der Waals surface area contributed by atoms with E-state index in [2.05, 4.69) is 5.32 Å². The predicted molar refractivity (Wildman–Crippen MR) is 121 cm³/mol. The second-order valence-electron chi connectivity index (χ2n) is 6.57. The number of rotatable bonds is 6. The van der Waals surface area contributed by atoms with Crippen molar-refractivity contribution in [3.63, 3.8) is 0 Å². The van der Waals surface area contributed by atoms with E-state index in [1.165, 1.54) is 11.3 Å². The summed E-state index contributed by atoms with van der Waals surface area (Å²) in [5.41, 5.74) is 0.825. The van der Waals surface area contributed by atoms with Crippen molar-refractivity contribution < 1.29 is 19.1 Å². The largest absolute Gasteiger partial charge is 0.493 e. The van der Waals surface area contributed by atoms with Crippen LogP contribution in [-0.2, 0) is 4.74 Å². The van der Waals surface area contributed by atoms with Gasteiger partial charge in [0.25, 0.3) is 5.91 Å². The van der Waals surface area contributed by atoms with Gasteiger partial charge in [-0.05, 0) is 36.8 Å². The molecule has 5 nitrogen and oxygen atoms in total. The molecule has 0 saturated heterocycles. The number of carbonyl (C=O) groups excluding carboxylic acids is 2. The van der Waals surface area contributed by atoms with E-state index in [0.717, 1.165) is 20.9 Å². The van der Waals surface area contributed by atoms with E-state index in [-0.39, 0.29) is 12.5 Å². The summed E-state index contributed by atoms with van der Waals surface area (Å²) in [7, 11) is 0. The van der Waals surface area contributed by atoms with E-state index in [1.54, 1.807) is 13.0 Å². The van der Waals surface area contributed by atoms with Crippen LogP contribution in [0.15, 0.2) is 60.7 Å². The Morgan fingerprint density at radius 2 is 1.60 bits per heavy atom. The fourth-order valence-corrected chi connectivity index (χ4v) is 4.55. The number of ether oxygens (including phenoxy) is 2. The van der Waals surface area contributed by atoms with E-state index >= 15 is 0 Å². The Morgan fingerprint density at radius 3 is 2.37 bits per heavy atom. The molecule has 0 atom stereocenters. The molecular weight excluding hydrogens is 398 g/mol. The third-order valence-corrected chi connectivity index (χ3v) is 5.81. The molecule has 0 fully saturated rings. The normalized spacial score (nSPS) is 10.9. The topological polar surface area (TPSA) is 64.6 Å². The maximum atomic E-state index is 13.4. The van der Waals surface area contributed by atoms with Crippen molar-refractivity contribution >= 4 is 49.1 Å². The lowest BCUT2D eigenvalue weighted by atomic mass is 10.0. The molecule has 1 heterocycles. The Labute approximate surface area is 178 Å². The molecule has 4 rings (SSSR count). The molecule has 1 amide bonds. The quantitative estimate of drug-likeness (QED) is 0.396. The number of hydrogen-bond donors (Lipinski definition) is 1. The van der Waals surface area contributed by atoms with E-state index in [0.29, 0.717) is 28.5 Å². The zero-order chi connectivity index (χ0) is 21.1. The molecule has 4 aromatic rings. The number of thiophene rings is 1. The molecule has 0 saturated carbocycles. The lowest BCUT2D eigenvalue weighted by Gasteiger charge is -2.13. The second-order valence-corrected chi connectivity index (χ2v) is 7.62. The van der Waals surface area contributed by atoms with Crippen molar-refractivity contribution in [2.24, 2.45) is 0 Å². The number of anilines is 1. The van der Waals surface area contributed by atoms with Gasteiger partial charge in [-0.25, -0.2) is 4.79 Å². The fraction of sp³-hybridized carbons (Fsp3) is 0.167. The van der Waals surface area contributed by atoms with Gasteiger partial charge in [0.15, 0.2) is 0 Å². The minimum absolute atomic E-state index is 0.258. The summed E-state index contributed by atoms with van der Waals surface area (Å²) in [6.45, 7) is 4.33. The molecule has 30 heavy (non-hydrogen) atoms. The maximum absolute atomic E-state index is 13.4. The number of esters is 1. The van der Waals surface area contributed by atoms with Crippen LogP contribution in [0, 0.1) is 0 Å². The first kappa shape index (κ1) is 19.9. The second kappa shape index (κ2) is 8.55. The molecule has 0 aliphatic carbocycles. The van der Waals surface area contributed by atoms with Crippen LogP contribution in [0.4, 0.5) is 5.00 Å². The number of nitrogens with one attached hydrogen (secondary N) is 1. The standard InChI is InChI=1S/C24H21NO4S/c1-3-28-18-14-13-15-9-5-6-10-16(15)20(18)22(26)25-23-21(24(27)29-4-2)17-11-7-8-12-19(17)30-23/h5-14H,3-4H2,1-2H3,(H,25,26). The van der Waals surface area contributed by atoms with Crippen LogP contribution < -0.4 is 10.1 Å². The van der Waals surface area contributed by atoms with Crippen LogP contribution in [0.1, 0.15) is 34.6 Å². The van der Waals surface area contributed by atoms with Crippen LogP contribution in [0.3, 0.4) is 0 Å². The Hall–Kier alpha value is -3.38. The summed E-state index contributed by atoms with van der Waals surface area (Å²) in [6, 6.07) is 18.9. The highest BCUT2D eigenvalue weighted by Crippen LogP contribution is 2.37. The average Bonchev–Trinajstić information content (AvgIpc) is 3.11. The van der Waals surface area contributed by atoms with Crippen molar-refractivity contribution in [1.29, 1.82) is 0 Å². The highest BCUT2D eigenvalue weighted by Gasteiger charge is 2.24. The summed E-state index contributed by atoms with van der Waals surface area (Å²) in [6.07, 6.45) is 0. The van der Waals surface area contributed by atoms with Gasteiger partial charge in [0.1, 0.15) is 16.3 Å². The van der Waals surface area contributed by atoms with Gasteiger partial charge in [-0.15, -0.1) is 11.3 Å². The minimum Gasteiger partial charge on any atom is -0.493 e. The Morgan fingerprint density at radius 1 is 0.867 bits per heavy atom. The number of hydrogen-bond acceptors (Lipinski definition) is 5. The van der Waals surface area contributed by atoms with Gasteiger partial charge in [-0.3, -0.25) is 4.79 Å². The van der Waals surface area contributed by atoms with Crippen molar-refractivity contribution in [1.82, 2.24) is 0 Å². The number of carbonyl (C=O) groups is 2. The first-order valence-corrected chi connectivity index (χ1v) is 10.6. The zero-order valence-corrected chi connectivity index (χ0v) is 17.5. The number of amides is 1. The summed E-state index contributed by atoms with van der Waals surface area (Å²) < 4.78 is 11.9. The Kier molecular flexibility index (Phi) is 5.68.